The lowest BCUT2D eigenvalue weighted by Crippen LogP contribution is -2.32. The van der Waals surface area contributed by atoms with E-state index in [0.717, 1.165) is 43.1 Å². The molecule has 2 rings (SSSR count). The summed E-state index contributed by atoms with van der Waals surface area (Å²) in [6, 6.07) is 7.74. The van der Waals surface area contributed by atoms with Crippen LogP contribution in [-0.4, -0.2) is 30.4 Å². The quantitative estimate of drug-likeness (QED) is 0.797. The van der Waals surface area contributed by atoms with Gasteiger partial charge >= 0.3 is 0 Å². The van der Waals surface area contributed by atoms with E-state index in [4.69, 9.17) is 11.6 Å². The fourth-order valence-corrected chi connectivity index (χ4v) is 2.77. The van der Waals surface area contributed by atoms with Gasteiger partial charge in [0.1, 0.15) is 0 Å². The Hall–Kier alpha value is -1.03. The summed E-state index contributed by atoms with van der Waals surface area (Å²) >= 11 is 6.02. The molecule has 0 fully saturated rings. The normalized spacial score (nSPS) is 14.0. The van der Waals surface area contributed by atoms with Gasteiger partial charge in [0, 0.05) is 31.1 Å². The highest BCUT2D eigenvalue weighted by Crippen LogP contribution is 2.16. The van der Waals surface area contributed by atoms with Crippen molar-refractivity contribution < 1.29 is 4.79 Å². The Labute approximate surface area is 144 Å². The molecule has 122 valence electrons. The van der Waals surface area contributed by atoms with Crippen LogP contribution in [-0.2, 0) is 11.3 Å². The van der Waals surface area contributed by atoms with E-state index in [1.807, 2.05) is 29.2 Å². The lowest BCUT2D eigenvalue weighted by Gasteiger charge is -2.24. The number of carbonyl (C=O) groups excluding carboxylic acids is 1. The van der Waals surface area contributed by atoms with Gasteiger partial charge in [-0.25, -0.2) is 0 Å². The monoisotopic (exact) mass is 342 g/mol. The number of hydrogen-bond acceptors (Lipinski definition) is 2. The Bertz CT molecular complexity index is 517. The van der Waals surface area contributed by atoms with Gasteiger partial charge in [-0.3, -0.25) is 4.79 Å². The third kappa shape index (κ3) is 5.99. The molecule has 1 aliphatic heterocycles. The summed E-state index contributed by atoms with van der Waals surface area (Å²) in [5.41, 5.74) is 2.34. The van der Waals surface area contributed by atoms with Crippen LogP contribution in [0.5, 0.6) is 0 Å². The van der Waals surface area contributed by atoms with Gasteiger partial charge < -0.3 is 10.2 Å². The Balaban J connectivity index is 0.00000242. The van der Waals surface area contributed by atoms with Crippen molar-refractivity contribution in [1.82, 2.24) is 10.2 Å². The Morgan fingerprint density at radius 2 is 2.23 bits per heavy atom. The highest BCUT2D eigenvalue weighted by molar-refractivity contribution is 6.30. The summed E-state index contributed by atoms with van der Waals surface area (Å²) in [7, 11) is 0. The molecule has 1 heterocycles. The molecule has 5 heteroatoms. The van der Waals surface area contributed by atoms with Crippen molar-refractivity contribution in [2.45, 2.75) is 32.7 Å². The number of halogens is 2. The fraction of sp³-hybridized carbons (Fsp3) is 0.471. The zero-order valence-electron chi connectivity index (χ0n) is 13.0. The molecule has 0 saturated carbocycles. The maximum absolute atomic E-state index is 12.5. The number of carbonyl (C=O) groups is 1. The molecule has 1 aromatic rings. The van der Waals surface area contributed by atoms with E-state index in [1.165, 1.54) is 5.57 Å². The lowest BCUT2D eigenvalue weighted by atomic mass is 10.0. The van der Waals surface area contributed by atoms with Crippen molar-refractivity contribution in [3.63, 3.8) is 0 Å². The molecule has 0 bridgehead atoms. The van der Waals surface area contributed by atoms with Gasteiger partial charge in [-0.15, -0.1) is 12.4 Å². The lowest BCUT2D eigenvalue weighted by molar-refractivity contribution is -0.131. The van der Waals surface area contributed by atoms with Crippen LogP contribution in [0.25, 0.3) is 0 Å². The van der Waals surface area contributed by atoms with Crippen LogP contribution in [0.1, 0.15) is 31.7 Å². The maximum atomic E-state index is 12.5. The van der Waals surface area contributed by atoms with Gasteiger partial charge in [-0.05, 0) is 37.1 Å². The standard InChI is InChI=1S/C17H23ClN2O.ClH/c1-2-10-20(13-15-4-3-5-16(18)11-15)17(21)12-14-6-8-19-9-7-14;/h3-6,11,19H,2,7-10,12-13H2,1H3;1H. The minimum Gasteiger partial charge on any atom is -0.338 e. The number of nitrogens with one attached hydrogen (secondary N) is 1. The van der Waals surface area contributed by atoms with E-state index in [1.54, 1.807) is 0 Å². The highest BCUT2D eigenvalue weighted by atomic mass is 35.5. The van der Waals surface area contributed by atoms with Gasteiger partial charge in [-0.1, -0.05) is 42.3 Å². The van der Waals surface area contributed by atoms with Crippen molar-refractivity contribution in [1.29, 1.82) is 0 Å². The van der Waals surface area contributed by atoms with Crippen LogP contribution in [0.4, 0.5) is 0 Å². The van der Waals surface area contributed by atoms with E-state index in [9.17, 15) is 4.79 Å². The Morgan fingerprint density at radius 1 is 1.41 bits per heavy atom. The third-order valence-corrected chi connectivity index (χ3v) is 3.88. The van der Waals surface area contributed by atoms with Crippen LogP contribution in [0.3, 0.4) is 0 Å². The molecule has 1 aromatic carbocycles. The highest BCUT2D eigenvalue weighted by Gasteiger charge is 2.16. The van der Waals surface area contributed by atoms with Crippen molar-refractivity contribution in [2.24, 2.45) is 0 Å². The predicted molar refractivity (Wildman–Crippen MR) is 94.6 cm³/mol. The molecule has 22 heavy (non-hydrogen) atoms. The molecule has 1 aliphatic rings. The van der Waals surface area contributed by atoms with Crippen LogP contribution in [0, 0.1) is 0 Å². The summed E-state index contributed by atoms with van der Waals surface area (Å²) in [6.07, 6.45) is 4.63. The van der Waals surface area contributed by atoms with Crippen molar-refractivity contribution in [3.05, 3.63) is 46.5 Å². The predicted octanol–water partition coefficient (Wildman–Crippen LogP) is 3.81. The van der Waals surface area contributed by atoms with Crippen LogP contribution in [0.2, 0.25) is 5.02 Å². The fourth-order valence-electron chi connectivity index (χ4n) is 2.55. The summed E-state index contributed by atoms with van der Waals surface area (Å²) < 4.78 is 0. The number of benzene rings is 1. The average Bonchev–Trinajstić information content (AvgIpc) is 2.48. The summed E-state index contributed by atoms with van der Waals surface area (Å²) in [6.45, 7) is 5.38. The molecule has 0 aromatic heterocycles. The Kier molecular flexibility index (Phi) is 8.54. The molecule has 1 amide bonds. The van der Waals surface area contributed by atoms with E-state index in [0.29, 0.717) is 13.0 Å². The summed E-state index contributed by atoms with van der Waals surface area (Å²) in [5, 5.41) is 3.99. The first-order valence-corrected chi connectivity index (χ1v) is 7.97. The zero-order valence-corrected chi connectivity index (χ0v) is 14.6. The largest absolute Gasteiger partial charge is 0.338 e. The second kappa shape index (κ2) is 9.88. The number of amides is 1. The molecular weight excluding hydrogens is 319 g/mol. The molecule has 0 saturated heterocycles. The SMILES string of the molecule is CCCN(Cc1cccc(Cl)c1)C(=O)CC1=CCNCC1.Cl. The van der Waals surface area contributed by atoms with Crippen molar-refractivity contribution in [2.75, 3.05) is 19.6 Å². The molecule has 0 unspecified atom stereocenters. The molecule has 0 radical (unpaired) electrons. The first-order valence-electron chi connectivity index (χ1n) is 7.60. The summed E-state index contributed by atoms with van der Waals surface area (Å²) in [5.74, 6) is 0.213. The second-order valence-corrected chi connectivity index (χ2v) is 5.87. The van der Waals surface area contributed by atoms with Crippen molar-refractivity contribution in [3.8, 4) is 0 Å². The number of rotatable bonds is 6. The van der Waals surface area contributed by atoms with E-state index in [2.05, 4.69) is 18.3 Å². The molecule has 3 nitrogen and oxygen atoms in total. The first kappa shape index (κ1) is 19.0. The zero-order chi connectivity index (χ0) is 15.1. The second-order valence-electron chi connectivity index (χ2n) is 5.44. The van der Waals surface area contributed by atoms with Crippen LogP contribution < -0.4 is 5.32 Å². The first-order chi connectivity index (χ1) is 10.2. The van der Waals surface area contributed by atoms with Gasteiger partial charge in [0.25, 0.3) is 0 Å². The smallest absolute Gasteiger partial charge is 0.226 e. The topological polar surface area (TPSA) is 32.3 Å². The van der Waals surface area contributed by atoms with E-state index in [-0.39, 0.29) is 18.3 Å². The Morgan fingerprint density at radius 3 is 2.86 bits per heavy atom. The average molecular weight is 343 g/mol. The van der Waals surface area contributed by atoms with Gasteiger partial charge in [0.2, 0.25) is 5.91 Å². The molecule has 0 atom stereocenters. The molecule has 0 aliphatic carbocycles. The van der Waals surface area contributed by atoms with Gasteiger partial charge in [-0.2, -0.15) is 0 Å². The maximum Gasteiger partial charge on any atom is 0.226 e. The van der Waals surface area contributed by atoms with Gasteiger partial charge in [0.05, 0.1) is 0 Å². The molecule has 0 spiro atoms. The summed E-state index contributed by atoms with van der Waals surface area (Å²) in [4.78, 5) is 14.5. The van der Waals surface area contributed by atoms with Crippen LogP contribution >= 0.6 is 24.0 Å². The minimum absolute atomic E-state index is 0. The van der Waals surface area contributed by atoms with Crippen LogP contribution in [0.15, 0.2) is 35.9 Å². The number of hydrogen-bond donors (Lipinski definition) is 1. The number of nitrogens with zero attached hydrogens (tertiary/aromatic N) is 1. The minimum atomic E-state index is 0. The van der Waals surface area contributed by atoms with E-state index >= 15 is 0 Å². The third-order valence-electron chi connectivity index (χ3n) is 3.64. The van der Waals surface area contributed by atoms with Crippen molar-refractivity contribution >= 4 is 29.9 Å². The van der Waals surface area contributed by atoms with Gasteiger partial charge in [0.15, 0.2) is 0 Å². The molecule has 1 N–H and O–H groups in total. The van der Waals surface area contributed by atoms with E-state index < -0.39 is 0 Å². The molecular formula is C17H24Cl2N2O.